The van der Waals surface area contributed by atoms with E-state index in [1.54, 1.807) is 0 Å². The highest BCUT2D eigenvalue weighted by Crippen LogP contribution is 2.47. The molecular formula is C58H35N3. The SMILES string of the molecule is N#Cc1ccc2c3c1ccc1c(-c4ccc(-c5ccc6c(-c7ccccc7)c7cc(-c8cccnc8)ccc7c(-c7ccccc7)c6c5)cc4)ccc(c13)n2-c1ccccc1. The van der Waals surface area contributed by atoms with Gasteiger partial charge < -0.3 is 4.57 Å². The maximum absolute atomic E-state index is 10.1. The lowest BCUT2D eigenvalue weighted by Crippen LogP contribution is -1.93. The van der Waals surface area contributed by atoms with Crippen molar-refractivity contribution in [3.63, 3.8) is 0 Å². The van der Waals surface area contributed by atoms with Gasteiger partial charge in [-0.05, 0) is 126 Å². The Balaban J connectivity index is 1.03. The van der Waals surface area contributed by atoms with Crippen molar-refractivity contribution in [2.75, 3.05) is 0 Å². The first-order chi connectivity index (χ1) is 30.2. The van der Waals surface area contributed by atoms with E-state index in [-0.39, 0.29) is 0 Å². The molecule has 10 aromatic carbocycles. The zero-order valence-electron chi connectivity index (χ0n) is 33.0. The van der Waals surface area contributed by atoms with Gasteiger partial charge in [-0.15, -0.1) is 0 Å². The second-order valence-corrected chi connectivity index (χ2v) is 15.8. The largest absolute Gasteiger partial charge is 0.309 e. The number of hydrogen-bond donors (Lipinski definition) is 0. The average Bonchev–Trinajstić information content (AvgIpc) is 3.68. The second-order valence-electron chi connectivity index (χ2n) is 15.8. The summed E-state index contributed by atoms with van der Waals surface area (Å²) in [5.74, 6) is 0. The fourth-order valence-corrected chi connectivity index (χ4v) is 9.76. The lowest BCUT2D eigenvalue weighted by Gasteiger charge is -2.19. The van der Waals surface area contributed by atoms with E-state index in [2.05, 4.69) is 198 Å². The van der Waals surface area contributed by atoms with Gasteiger partial charge in [0, 0.05) is 39.8 Å². The number of nitrogens with zero attached hydrogens (tertiary/aromatic N) is 3. The Labute approximate surface area is 353 Å². The molecule has 12 rings (SSSR count). The van der Waals surface area contributed by atoms with Crippen molar-refractivity contribution in [1.29, 1.82) is 5.26 Å². The second kappa shape index (κ2) is 13.9. The van der Waals surface area contributed by atoms with E-state index in [1.165, 1.54) is 60.1 Å². The molecule has 0 unspecified atom stereocenters. The molecule has 282 valence electrons. The summed E-state index contributed by atoms with van der Waals surface area (Å²) in [5, 5.41) is 19.4. The van der Waals surface area contributed by atoms with Gasteiger partial charge in [0.15, 0.2) is 0 Å². The summed E-state index contributed by atoms with van der Waals surface area (Å²) in [7, 11) is 0. The van der Waals surface area contributed by atoms with E-state index in [0.29, 0.717) is 5.56 Å². The molecule has 3 nitrogen and oxygen atoms in total. The quantitative estimate of drug-likeness (QED) is 0.125. The van der Waals surface area contributed by atoms with Crippen LogP contribution < -0.4 is 0 Å². The minimum atomic E-state index is 0.695. The minimum absolute atomic E-state index is 0.695. The van der Waals surface area contributed by atoms with Crippen LogP contribution in [0.5, 0.6) is 0 Å². The molecule has 0 radical (unpaired) electrons. The molecule has 0 aliphatic rings. The number of para-hydroxylation sites is 1. The van der Waals surface area contributed by atoms with E-state index in [9.17, 15) is 5.26 Å². The van der Waals surface area contributed by atoms with Gasteiger partial charge in [0.25, 0.3) is 0 Å². The van der Waals surface area contributed by atoms with Crippen molar-refractivity contribution in [1.82, 2.24) is 9.55 Å². The van der Waals surface area contributed by atoms with Crippen LogP contribution >= 0.6 is 0 Å². The molecule has 2 heterocycles. The number of aromatic nitrogens is 2. The summed E-state index contributed by atoms with van der Waals surface area (Å²) in [5.41, 5.74) is 15.8. The van der Waals surface area contributed by atoms with Crippen LogP contribution in [0.4, 0.5) is 0 Å². The van der Waals surface area contributed by atoms with E-state index < -0.39 is 0 Å². The fraction of sp³-hybridized carbons (Fsp3) is 0. The molecule has 0 N–H and O–H groups in total. The van der Waals surface area contributed by atoms with Crippen LogP contribution in [-0.4, -0.2) is 9.55 Å². The average molecular weight is 774 g/mol. The third-order valence-electron chi connectivity index (χ3n) is 12.5. The molecule has 0 fully saturated rings. The van der Waals surface area contributed by atoms with Crippen molar-refractivity contribution in [3.05, 3.63) is 218 Å². The third kappa shape index (κ3) is 5.47. The summed E-state index contributed by atoms with van der Waals surface area (Å²) < 4.78 is 2.33. The maximum Gasteiger partial charge on any atom is 0.0998 e. The molecule has 0 spiro atoms. The summed E-state index contributed by atoms with van der Waals surface area (Å²) in [6.45, 7) is 0. The molecule has 0 amide bonds. The summed E-state index contributed by atoms with van der Waals surface area (Å²) in [4.78, 5) is 4.44. The maximum atomic E-state index is 10.1. The van der Waals surface area contributed by atoms with Crippen molar-refractivity contribution >= 4 is 54.1 Å². The van der Waals surface area contributed by atoms with Crippen LogP contribution in [0.25, 0.3) is 115 Å². The summed E-state index contributed by atoms with van der Waals surface area (Å²) >= 11 is 0. The zero-order chi connectivity index (χ0) is 40.4. The lowest BCUT2D eigenvalue weighted by atomic mass is 9.84. The molecule has 0 saturated carbocycles. The molecule has 0 aliphatic carbocycles. The fourth-order valence-electron chi connectivity index (χ4n) is 9.76. The highest BCUT2D eigenvalue weighted by Gasteiger charge is 2.22. The number of fused-ring (bicyclic) bond motifs is 2. The first-order valence-electron chi connectivity index (χ1n) is 20.7. The van der Waals surface area contributed by atoms with Crippen LogP contribution in [0, 0.1) is 11.3 Å². The first kappa shape index (κ1) is 34.7. The number of rotatable bonds is 6. The summed E-state index contributed by atoms with van der Waals surface area (Å²) in [6, 6.07) is 74.4. The van der Waals surface area contributed by atoms with Crippen molar-refractivity contribution in [2.24, 2.45) is 0 Å². The molecule has 12 aromatic rings. The van der Waals surface area contributed by atoms with Crippen LogP contribution in [-0.2, 0) is 0 Å². The molecule has 2 aromatic heterocycles. The topological polar surface area (TPSA) is 41.6 Å². The zero-order valence-corrected chi connectivity index (χ0v) is 33.0. The van der Waals surface area contributed by atoms with Crippen LogP contribution in [0.2, 0.25) is 0 Å². The predicted molar refractivity (Wildman–Crippen MR) is 254 cm³/mol. The molecule has 3 heteroatoms. The van der Waals surface area contributed by atoms with Crippen molar-refractivity contribution < 1.29 is 0 Å². The van der Waals surface area contributed by atoms with Crippen molar-refractivity contribution in [3.8, 4) is 67.4 Å². The molecule has 0 saturated heterocycles. The Morgan fingerprint density at radius 2 is 0.885 bits per heavy atom. The normalized spacial score (nSPS) is 11.6. The number of pyridine rings is 1. The third-order valence-corrected chi connectivity index (χ3v) is 12.5. The van der Waals surface area contributed by atoms with E-state index in [4.69, 9.17) is 0 Å². The molecular weight excluding hydrogens is 739 g/mol. The number of nitriles is 1. The standard InChI is InChI=1S/C58H35N3/c59-35-43-24-30-53-57-47(43)27-28-48-46(29-31-54(58(48)57)61(53)45-16-8-3-9-17-45)38-20-18-37(19-21-38)41-22-25-49-51(33-41)55(39-11-4-1-5-12-39)50-26-23-42(44-15-10-32-60-36-44)34-52(50)56(49)40-13-6-2-7-14-40/h1-34,36H. The molecule has 0 aliphatic heterocycles. The van der Waals surface area contributed by atoms with E-state index in [0.717, 1.165) is 55.3 Å². The summed E-state index contributed by atoms with van der Waals surface area (Å²) in [6.07, 6.45) is 3.77. The van der Waals surface area contributed by atoms with E-state index in [1.807, 2.05) is 30.6 Å². The first-order valence-corrected chi connectivity index (χ1v) is 20.7. The van der Waals surface area contributed by atoms with Crippen LogP contribution in [0.3, 0.4) is 0 Å². The molecule has 0 bridgehead atoms. The van der Waals surface area contributed by atoms with Gasteiger partial charge in [0.05, 0.1) is 22.7 Å². The smallest absolute Gasteiger partial charge is 0.0998 e. The monoisotopic (exact) mass is 773 g/mol. The van der Waals surface area contributed by atoms with Crippen LogP contribution in [0.1, 0.15) is 5.56 Å². The Morgan fingerprint density at radius 3 is 1.49 bits per heavy atom. The van der Waals surface area contributed by atoms with Gasteiger partial charge in [-0.1, -0.05) is 152 Å². The Kier molecular flexibility index (Phi) is 7.91. The Bertz CT molecular complexity index is 3660. The van der Waals surface area contributed by atoms with Gasteiger partial charge in [-0.3, -0.25) is 4.98 Å². The Hall–Kier alpha value is -8.32. The number of hydrogen-bond acceptors (Lipinski definition) is 2. The van der Waals surface area contributed by atoms with E-state index >= 15 is 0 Å². The number of benzene rings is 10. The van der Waals surface area contributed by atoms with Crippen molar-refractivity contribution in [2.45, 2.75) is 0 Å². The highest BCUT2D eigenvalue weighted by molar-refractivity contribution is 6.27. The predicted octanol–water partition coefficient (Wildman–Crippen LogP) is 15.3. The van der Waals surface area contributed by atoms with Gasteiger partial charge in [-0.25, -0.2) is 0 Å². The minimum Gasteiger partial charge on any atom is -0.309 e. The van der Waals surface area contributed by atoms with Crippen LogP contribution in [0.15, 0.2) is 213 Å². The van der Waals surface area contributed by atoms with Gasteiger partial charge >= 0.3 is 0 Å². The van der Waals surface area contributed by atoms with Gasteiger partial charge in [0.1, 0.15) is 0 Å². The molecule has 61 heavy (non-hydrogen) atoms. The van der Waals surface area contributed by atoms with Gasteiger partial charge in [-0.2, -0.15) is 5.26 Å². The highest BCUT2D eigenvalue weighted by atomic mass is 15.0. The lowest BCUT2D eigenvalue weighted by molar-refractivity contribution is 1.18. The molecule has 0 atom stereocenters. The Morgan fingerprint density at radius 1 is 0.377 bits per heavy atom. The van der Waals surface area contributed by atoms with Gasteiger partial charge in [0.2, 0.25) is 0 Å².